The van der Waals surface area contributed by atoms with Crippen molar-refractivity contribution < 1.29 is 19.4 Å². The molecule has 1 aliphatic rings. The van der Waals surface area contributed by atoms with Crippen molar-refractivity contribution in [2.45, 2.75) is 31.0 Å². The summed E-state index contributed by atoms with van der Waals surface area (Å²) >= 11 is 3.49. The maximum absolute atomic E-state index is 14.3. The largest absolute Gasteiger partial charge is 0.494 e. The number of nitrogens with one attached hydrogen (secondary N) is 2. The number of amides is 1. The molecule has 10 nitrogen and oxygen atoms in total. The highest BCUT2D eigenvalue weighted by Gasteiger charge is 2.54. The van der Waals surface area contributed by atoms with Crippen LogP contribution >= 0.6 is 15.9 Å². The highest BCUT2D eigenvalue weighted by molar-refractivity contribution is 9.10. The molecule has 1 heterocycles. The number of carbonyl (C=O) groups excluding carboxylic acids is 1. The number of aliphatic hydroxyl groups excluding tert-OH is 1. The van der Waals surface area contributed by atoms with Gasteiger partial charge in [0.1, 0.15) is 5.75 Å². The summed E-state index contributed by atoms with van der Waals surface area (Å²) in [4.78, 5) is 22.4. The van der Waals surface area contributed by atoms with E-state index in [0.29, 0.717) is 42.1 Å². The van der Waals surface area contributed by atoms with E-state index in [-0.39, 0.29) is 18.9 Å². The Morgan fingerprint density at radius 3 is 2.45 bits per heavy atom. The smallest absolute Gasteiger partial charge is 0.266 e. The van der Waals surface area contributed by atoms with Gasteiger partial charge >= 0.3 is 0 Å². The Hall–Kier alpha value is -4.67. The summed E-state index contributed by atoms with van der Waals surface area (Å²) in [6.45, 7) is 0.832. The van der Waals surface area contributed by atoms with Gasteiger partial charge in [-0.1, -0.05) is 87.8 Å². The number of aliphatic imine (C=N–C) groups is 1. The average Bonchev–Trinajstić information content (AvgIpc) is 3.43. The molecule has 0 fully saturated rings. The number of hydrazine groups is 1. The lowest BCUT2D eigenvalue weighted by molar-refractivity contribution is -0.130. The van der Waals surface area contributed by atoms with Gasteiger partial charge in [0, 0.05) is 52.2 Å². The summed E-state index contributed by atoms with van der Waals surface area (Å²) in [5, 5.41) is 13.0. The molecular formula is C33H31BrN6O4. The Labute approximate surface area is 263 Å². The first kappa shape index (κ1) is 30.8. The standard InChI is InChI=1S/C33H31BrN6O4/c34-26-15-11-23(12-16-26)21-33(32(42)39-36-22-24-7-2-1-3-8-24)30(28-9-4-5-10-29(28)38-40-35)44-31(37-33)25-13-17-27(18-14-25)43-20-6-19-41/h1-5,7-18,30,36,41H,6,19-22H2,(H,39,42)/t30-,33-/m0/s1. The summed E-state index contributed by atoms with van der Waals surface area (Å²) < 4.78 is 13.1. The number of carbonyl (C=O) groups is 1. The molecule has 44 heavy (non-hydrogen) atoms. The van der Waals surface area contributed by atoms with Gasteiger partial charge in [-0.3, -0.25) is 10.2 Å². The molecule has 0 bridgehead atoms. The molecule has 11 heteroatoms. The monoisotopic (exact) mass is 654 g/mol. The van der Waals surface area contributed by atoms with Crippen LogP contribution in [0.15, 0.2) is 118 Å². The van der Waals surface area contributed by atoms with Crippen molar-refractivity contribution in [3.8, 4) is 5.75 Å². The summed E-state index contributed by atoms with van der Waals surface area (Å²) in [6.07, 6.45) is -0.210. The lowest BCUT2D eigenvalue weighted by Gasteiger charge is -2.31. The highest BCUT2D eigenvalue weighted by Crippen LogP contribution is 2.45. The molecule has 224 valence electrons. The third kappa shape index (κ3) is 7.27. The van der Waals surface area contributed by atoms with E-state index in [1.807, 2.05) is 72.8 Å². The number of aliphatic hydroxyl groups is 1. The third-order valence-electron chi connectivity index (χ3n) is 7.13. The van der Waals surface area contributed by atoms with Crippen LogP contribution in [0.25, 0.3) is 10.4 Å². The fraction of sp³-hybridized carbons (Fsp3) is 0.212. The van der Waals surface area contributed by atoms with Gasteiger partial charge in [-0.05, 0) is 53.1 Å². The molecule has 0 spiro atoms. The predicted molar refractivity (Wildman–Crippen MR) is 171 cm³/mol. The first-order valence-corrected chi connectivity index (χ1v) is 14.9. The van der Waals surface area contributed by atoms with Crippen molar-refractivity contribution in [1.29, 1.82) is 0 Å². The van der Waals surface area contributed by atoms with Crippen molar-refractivity contribution in [2.24, 2.45) is 10.1 Å². The zero-order valence-corrected chi connectivity index (χ0v) is 25.4. The minimum Gasteiger partial charge on any atom is -0.494 e. The molecule has 4 aromatic rings. The van der Waals surface area contributed by atoms with E-state index >= 15 is 0 Å². The maximum atomic E-state index is 14.3. The van der Waals surface area contributed by atoms with E-state index in [2.05, 4.69) is 36.8 Å². The van der Waals surface area contributed by atoms with Crippen molar-refractivity contribution in [1.82, 2.24) is 10.9 Å². The molecule has 0 unspecified atom stereocenters. The van der Waals surface area contributed by atoms with Gasteiger partial charge in [0.25, 0.3) is 5.91 Å². The summed E-state index contributed by atoms with van der Waals surface area (Å²) in [5.41, 5.74) is 17.1. The second-order valence-electron chi connectivity index (χ2n) is 10.1. The van der Waals surface area contributed by atoms with Crippen LogP contribution in [-0.4, -0.2) is 35.7 Å². The summed E-state index contributed by atoms with van der Waals surface area (Å²) in [5.74, 6) is 0.494. The zero-order valence-electron chi connectivity index (χ0n) is 23.8. The molecule has 3 N–H and O–H groups in total. The minimum atomic E-state index is -1.48. The van der Waals surface area contributed by atoms with Gasteiger partial charge in [-0.25, -0.2) is 10.4 Å². The van der Waals surface area contributed by atoms with Gasteiger partial charge in [0.2, 0.25) is 5.90 Å². The molecule has 1 aliphatic heterocycles. The lowest BCUT2D eigenvalue weighted by Crippen LogP contribution is -2.53. The molecule has 0 aromatic heterocycles. The van der Waals surface area contributed by atoms with Crippen LogP contribution in [0.3, 0.4) is 0 Å². The fourth-order valence-electron chi connectivity index (χ4n) is 4.95. The second-order valence-corrected chi connectivity index (χ2v) is 11.0. The Morgan fingerprint density at radius 1 is 1.00 bits per heavy atom. The number of benzene rings is 4. The van der Waals surface area contributed by atoms with Gasteiger partial charge in [-0.2, -0.15) is 0 Å². The first-order chi connectivity index (χ1) is 21.5. The Balaban J connectivity index is 1.56. The lowest BCUT2D eigenvalue weighted by atomic mass is 9.81. The first-order valence-electron chi connectivity index (χ1n) is 14.1. The van der Waals surface area contributed by atoms with Crippen molar-refractivity contribution in [2.75, 3.05) is 13.2 Å². The zero-order chi connectivity index (χ0) is 30.8. The quantitative estimate of drug-likeness (QED) is 0.0498. The summed E-state index contributed by atoms with van der Waals surface area (Å²) in [7, 11) is 0. The minimum absolute atomic E-state index is 0.0458. The van der Waals surface area contributed by atoms with Gasteiger partial charge < -0.3 is 14.6 Å². The van der Waals surface area contributed by atoms with E-state index < -0.39 is 17.6 Å². The Bertz CT molecular complexity index is 1640. The highest BCUT2D eigenvalue weighted by atomic mass is 79.9. The molecule has 0 saturated heterocycles. The number of hydrogen-bond acceptors (Lipinski definition) is 7. The molecule has 1 amide bonds. The second kappa shape index (κ2) is 14.7. The number of halogens is 1. The SMILES string of the molecule is [N-]=[N+]=Nc1ccccc1[C@@H]1OC(c2ccc(OCCCO)cc2)=N[C@]1(Cc1ccc(Br)cc1)C(=O)NNCc1ccccc1. The van der Waals surface area contributed by atoms with E-state index in [1.54, 1.807) is 30.3 Å². The molecule has 0 saturated carbocycles. The summed E-state index contributed by atoms with van der Waals surface area (Å²) in [6, 6.07) is 31.6. The van der Waals surface area contributed by atoms with Crippen LogP contribution in [0, 0.1) is 0 Å². The number of hydrogen-bond donors (Lipinski definition) is 3. The molecule has 2 atom stereocenters. The maximum Gasteiger partial charge on any atom is 0.266 e. The molecule has 0 radical (unpaired) electrons. The number of ether oxygens (including phenoxy) is 2. The Kier molecular flexibility index (Phi) is 10.3. The van der Waals surface area contributed by atoms with Gasteiger partial charge in [0.15, 0.2) is 11.6 Å². The Morgan fingerprint density at radius 2 is 1.73 bits per heavy atom. The van der Waals surface area contributed by atoms with E-state index in [9.17, 15) is 10.3 Å². The van der Waals surface area contributed by atoms with Crippen LogP contribution < -0.4 is 15.6 Å². The predicted octanol–water partition coefficient (Wildman–Crippen LogP) is 6.47. The third-order valence-corrected chi connectivity index (χ3v) is 7.65. The van der Waals surface area contributed by atoms with Gasteiger partial charge in [0.05, 0.1) is 6.61 Å². The van der Waals surface area contributed by atoms with Crippen LogP contribution in [0.5, 0.6) is 5.75 Å². The topological polar surface area (TPSA) is 141 Å². The number of rotatable bonds is 13. The molecule has 4 aromatic carbocycles. The number of azide groups is 1. The van der Waals surface area contributed by atoms with E-state index in [4.69, 9.17) is 19.6 Å². The average molecular weight is 656 g/mol. The molecular weight excluding hydrogens is 624 g/mol. The van der Waals surface area contributed by atoms with E-state index in [0.717, 1.165) is 15.6 Å². The van der Waals surface area contributed by atoms with Crippen LogP contribution in [-0.2, 0) is 22.5 Å². The van der Waals surface area contributed by atoms with Crippen molar-refractivity contribution >= 4 is 33.4 Å². The van der Waals surface area contributed by atoms with Crippen molar-refractivity contribution in [3.05, 3.63) is 140 Å². The van der Waals surface area contributed by atoms with Crippen LogP contribution in [0.4, 0.5) is 5.69 Å². The fourth-order valence-corrected chi connectivity index (χ4v) is 5.22. The van der Waals surface area contributed by atoms with Crippen LogP contribution in [0.2, 0.25) is 0 Å². The number of nitrogens with zero attached hydrogens (tertiary/aromatic N) is 4. The van der Waals surface area contributed by atoms with E-state index in [1.165, 1.54) is 0 Å². The molecule has 0 aliphatic carbocycles. The normalized spacial score (nSPS) is 17.2. The van der Waals surface area contributed by atoms with Crippen LogP contribution in [0.1, 0.15) is 34.8 Å². The van der Waals surface area contributed by atoms with Gasteiger partial charge in [-0.15, -0.1) is 0 Å². The molecule has 5 rings (SSSR count). The van der Waals surface area contributed by atoms with Crippen molar-refractivity contribution in [3.63, 3.8) is 0 Å².